The van der Waals surface area contributed by atoms with Gasteiger partial charge in [-0.2, -0.15) is 0 Å². The molecule has 0 saturated carbocycles. The zero-order valence-corrected chi connectivity index (χ0v) is 14.6. The second-order valence-electron chi connectivity index (χ2n) is 6.60. The van der Waals surface area contributed by atoms with Gasteiger partial charge in [0.05, 0.1) is 13.2 Å². The van der Waals surface area contributed by atoms with Gasteiger partial charge in [0.15, 0.2) is 0 Å². The predicted molar refractivity (Wildman–Crippen MR) is 96.7 cm³/mol. The van der Waals surface area contributed by atoms with Crippen molar-refractivity contribution in [2.45, 2.75) is 32.1 Å². The fourth-order valence-corrected chi connectivity index (χ4v) is 3.28. The summed E-state index contributed by atoms with van der Waals surface area (Å²) in [5, 5.41) is 2.97. The van der Waals surface area contributed by atoms with Gasteiger partial charge in [-0.1, -0.05) is 11.6 Å². The highest BCUT2D eigenvalue weighted by atomic mass is 16.5. The number of morpholine rings is 1. The highest BCUT2D eigenvalue weighted by Gasteiger charge is 2.18. The molecule has 0 unspecified atom stereocenters. The highest BCUT2D eigenvalue weighted by molar-refractivity contribution is 5.97. The van der Waals surface area contributed by atoms with Crippen LogP contribution in [0.5, 0.6) is 0 Å². The largest absolute Gasteiger partial charge is 0.378 e. The van der Waals surface area contributed by atoms with E-state index in [2.05, 4.69) is 11.4 Å². The van der Waals surface area contributed by atoms with Crippen LogP contribution in [0.15, 0.2) is 35.9 Å². The zero-order chi connectivity index (χ0) is 17.5. The first kappa shape index (κ1) is 17.7. The summed E-state index contributed by atoms with van der Waals surface area (Å²) in [5.41, 5.74) is 2.67. The quantitative estimate of drug-likeness (QED) is 0.837. The summed E-state index contributed by atoms with van der Waals surface area (Å²) in [6.45, 7) is 3.08. The third-order valence-electron chi connectivity index (χ3n) is 4.81. The lowest BCUT2D eigenvalue weighted by atomic mass is 9.97. The molecular weight excluding hydrogens is 316 g/mol. The second kappa shape index (κ2) is 8.81. The molecule has 1 aliphatic heterocycles. The standard InChI is InChI=1S/C20H26N2O3/c23-19(21-11-10-16-4-2-1-3-5-16)17-6-8-18(9-7-17)20(24)22-12-14-25-15-13-22/h4,6-9H,1-3,5,10-15H2,(H,21,23). The third kappa shape index (κ3) is 4.92. The smallest absolute Gasteiger partial charge is 0.254 e. The molecule has 1 aromatic rings. The average molecular weight is 342 g/mol. The normalized spacial score (nSPS) is 17.8. The number of allylic oxidation sites excluding steroid dienone is 1. The van der Waals surface area contributed by atoms with Crippen LogP contribution >= 0.6 is 0 Å². The van der Waals surface area contributed by atoms with Gasteiger partial charge in [0.2, 0.25) is 0 Å². The van der Waals surface area contributed by atoms with Crippen molar-refractivity contribution < 1.29 is 14.3 Å². The molecule has 134 valence electrons. The zero-order valence-electron chi connectivity index (χ0n) is 14.6. The SMILES string of the molecule is O=C(NCCC1=CCCCC1)c1ccc(C(=O)N2CCOCC2)cc1. The molecule has 1 saturated heterocycles. The Bertz CT molecular complexity index is 631. The number of nitrogens with one attached hydrogen (secondary N) is 1. The Morgan fingerprint density at radius 3 is 2.44 bits per heavy atom. The van der Waals surface area contributed by atoms with Gasteiger partial charge in [-0.05, 0) is 56.4 Å². The average Bonchev–Trinajstić information content (AvgIpc) is 2.69. The van der Waals surface area contributed by atoms with Crippen molar-refractivity contribution in [2.24, 2.45) is 0 Å². The first-order chi connectivity index (χ1) is 12.2. The van der Waals surface area contributed by atoms with Crippen molar-refractivity contribution in [1.82, 2.24) is 10.2 Å². The maximum Gasteiger partial charge on any atom is 0.254 e. The lowest BCUT2D eigenvalue weighted by Gasteiger charge is -2.26. The van der Waals surface area contributed by atoms with Crippen LogP contribution in [0.4, 0.5) is 0 Å². The summed E-state index contributed by atoms with van der Waals surface area (Å²) in [5.74, 6) is -0.0822. The first-order valence-corrected chi connectivity index (χ1v) is 9.17. The minimum absolute atomic E-state index is 0.000469. The number of hydrogen-bond acceptors (Lipinski definition) is 3. The van der Waals surface area contributed by atoms with Crippen LogP contribution in [0.3, 0.4) is 0 Å². The molecule has 3 rings (SSSR count). The van der Waals surface area contributed by atoms with Crippen LogP contribution in [0.25, 0.3) is 0 Å². The fraction of sp³-hybridized carbons (Fsp3) is 0.500. The van der Waals surface area contributed by atoms with Crippen LogP contribution < -0.4 is 5.32 Å². The van der Waals surface area contributed by atoms with Crippen molar-refractivity contribution in [2.75, 3.05) is 32.8 Å². The maximum absolute atomic E-state index is 12.4. The van der Waals surface area contributed by atoms with E-state index in [-0.39, 0.29) is 11.8 Å². The summed E-state index contributed by atoms with van der Waals surface area (Å²) >= 11 is 0. The molecule has 5 nitrogen and oxygen atoms in total. The molecule has 0 atom stereocenters. The number of carbonyl (C=O) groups is 2. The Kier molecular flexibility index (Phi) is 6.23. The Hall–Kier alpha value is -2.14. The van der Waals surface area contributed by atoms with Crippen LogP contribution in [0, 0.1) is 0 Å². The topological polar surface area (TPSA) is 58.6 Å². The van der Waals surface area contributed by atoms with Crippen LogP contribution in [0.1, 0.15) is 52.8 Å². The minimum atomic E-state index is -0.0817. The van der Waals surface area contributed by atoms with Gasteiger partial charge >= 0.3 is 0 Å². The van der Waals surface area contributed by atoms with Crippen molar-refractivity contribution >= 4 is 11.8 Å². The van der Waals surface area contributed by atoms with E-state index in [0.29, 0.717) is 44.0 Å². The van der Waals surface area contributed by atoms with E-state index in [1.807, 2.05) is 0 Å². The summed E-state index contributed by atoms with van der Waals surface area (Å²) in [7, 11) is 0. The minimum Gasteiger partial charge on any atom is -0.378 e. The first-order valence-electron chi connectivity index (χ1n) is 9.17. The summed E-state index contributed by atoms with van der Waals surface area (Å²) < 4.78 is 5.27. The summed E-state index contributed by atoms with van der Waals surface area (Å²) in [4.78, 5) is 26.4. The number of carbonyl (C=O) groups excluding carboxylic acids is 2. The van der Waals surface area contributed by atoms with Crippen LogP contribution in [0.2, 0.25) is 0 Å². The van der Waals surface area contributed by atoms with E-state index in [9.17, 15) is 9.59 Å². The van der Waals surface area contributed by atoms with Gasteiger partial charge in [0.1, 0.15) is 0 Å². The molecule has 0 radical (unpaired) electrons. The molecule has 25 heavy (non-hydrogen) atoms. The Morgan fingerprint density at radius 2 is 1.76 bits per heavy atom. The number of hydrogen-bond donors (Lipinski definition) is 1. The number of nitrogens with zero attached hydrogens (tertiary/aromatic N) is 1. The second-order valence-corrected chi connectivity index (χ2v) is 6.60. The van der Waals surface area contributed by atoms with Crippen molar-refractivity contribution in [3.8, 4) is 0 Å². The van der Waals surface area contributed by atoms with Gasteiger partial charge in [0.25, 0.3) is 11.8 Å². The van der Waals surface area contributed by atoms with Crippen molar-refractivity contribution in [1.29, 1.82) is 0 Å². The molecule has 1 aliphatic carbocycles. The summed E-state index contributed by atoms with van der Waals surface area (Å²) in [6, 6.07) is 6.92. The van der Waals surface area contributed by atoms with Crippen LogP contribution in [-0.4, -0.2) is 49.6 Å². The number of ether oxygens (including phenoxy) is 1. The van der Waals surface area contributed by atoms with Gasteiger partial charge in [-0.3, -0.25) is 9.59 Å². The van der Waals surface area contributed by atoms with E-state index >= 15 is 0 Å². The lowest BCUT2D eigenvalue weighted by Crippen LogP contribution is -2.40. The molecule has 1 aromatic carbocycles. The van der Waals surface area contributed by atoms with E-state index < -0.39 is 0 Å². The third-order valence-corrected chi connectivity index (χ3v) is 4.81. The molecule has 0 aromatic heterocycles. The van der Waals surface area contributed by atoms with E-state index in [1.165, 1.54) is 24.8 Å². The highest BCUT2D eigenvalue weighted by Crippen LogP contribution is 2.19. The maximum atomic E-state index is 12.4. The molecular formula is C20H26N2O3. The number of rotatable bonds is 5. The Labute approximate surface area is 149 Å². The van der Waals surface area contributed by atoms with E-state index in [0.717, 1.165) is 12.8 Å². The van der Waals surface area contributed by atoms with E-state index in [1.54, 1.807) is 29.2 Å². The van der Waals surface area contributed by atoms with Crippen molar-refractivity contribution in [3.05, 3.63) is 47.0 Å². The molecule has 0 bridgehead atoms. The van der Waals surface area contributed by atoms with Crippen molar-refractivity contribution in [3.63, 3.8) is 0 Å². The molecule has 0 spiro atoms. The van der Waals surface area contributed by atoms with Crippen LogP contribution in [-0.2, 0) is 4.74 Å². The predicted octanol–water partition coefficient (Wildman–Crippen LogP) is 2.78. The lowest BCUT2D eigenvalue weighted by molar-refractivity contribution is 0.0303. The van der Waals surface area contributed by atoms with Gasteiger partial charge in [0, 0.05) is 30.8 Å². The number of amides is 2. The van der Waals surface area contributed by atoms with Gasteiger partial charge in [-0.25, -0.2) is 0 Å². The Balaban J connectivity index is 1.49. The fourth-order valence-electron chi connectivity index (χ4n) is 3.28. The van der Waals surface area contributed by atoms with Gasteiger partial charge < -0.3 is 15.0 Å². The Morgan fingerprint density at radius 1 is 1.04 bits per heavy atom. The molecule has 2 amide bonds. The molecule has 5 heteroatoms. The molecule has 2 aliphatic rings. The molecule has 1 heterocycles. The summed E-state index contributed by atoms with van der Waals surface area (Å²) in [6.07, 6.45) is 8.11. The van der Waals surface area contributed by atoms with E-state index in [4.69, 9.17) is 4.74 Å². The molecule has 1 fully saturated rings. The number of benzene rings is 1. The van der Waals surface area contributed by atoms with Gasteiger partial charge in [-0.15, -0.1) is 0 Å². The monoisotopic (exact) mass is 342 g/mol. The molecule has 1 N–H and O–H groups in total.